The third-order valence-corrected chi connectivity index (χ3v) is 6.62. The first-order valence-corrected chi connectivity index (χ1v) is 11.5. The smallest absolute Gasteiger partial charge is 0.411 e. The number of nitrogens with one attached hydrogen (secondary N) is 1. The summed E-state index contributed by atoms with van der Waals surface area (Å²) in [7, 11) is 0. The van der Waals surface area contributed by atoms with Crippen LogP contribution in [0.15, 0.2) is 0 Å². The third kappa shape index (κ3) is 4.97. The van der Waals surface area contributed by atoms with Crippen LogP contribution in [0.2, 0.25) is 0 Å². The molecule has 0 aromatic rings. The Kier molecular flexibility index (Phi) is 7.07. The Morgan fingerprint density at radius 1 is 1.00 bits per heavy atom. The summed E-state index contributed by atoms with van der Waals surface area (Å²) in [6, 6.07) is -0.585. The predicted octanol–water partition coefficient (Wildman–Crippen LogP) is 2.29. The van der Waals surface area contributed by atoms with Gasteiger partial charge in [-0.15, -0.1) is 0 Å². The van der Waals surface area contributed by atoms with Gasteiger partial charge in [0.05, 0.1) is 13.1 Å². The maximum Gasteiger partial charge on any atom is 0.411 e. The van der Waals surface area contributed by atoms with Gasteiger partial charge < -0.3 is 15.2 Å². The van der Waals surface area contributed by atoms with Gasteiger partial charge in [-0.3, -0.25) is 9.69 Å². The van der Waals surface area contributed by atoms with E-state index in [-0.39, 0.29) is 16.4 Å². The summed E-state index contributed by atoms with van der Waals surface area (Å²) < 4.78 is 5.22. The minimum Gasteiger partial charge on any atom is -0.444 e. The van der Waals surface area contributed by atoms with Gasteiger partial charge in [-0.2, -0.15) is 0 Å². The molecule has 30 heavy (non-hydrogen) atoms. The minimum atomic E-state index is -1.43. The number of hydrogen-bond donors (Lipinski definition) is 2. The number of carbonyl (C=O) groups is 3. The van der Waals surface area contributed by atoms with Crippen LogP contribution in [0.5, 0.6) is 0 Å². The van der Waals surface area contributed by atoms with E-state index in [1.807, 2.05) is 0 Å². The molecule has 2 atom stereocenters. The van der Waals surface area contributed by atoms with Crippen molar-refractivity contribution >= 4 is 17.9 Å². The van der Waals surface area contributed by atoms with E-state index in [9.17, 15) is 19.5 Å². The molecular weight excluding hydrogens is 386 g/mol. The van der Waals surface area contributed by atoms with Crippen molar-refractivity contribution in [1.29, 1.82) is 0 Å². The number of carbonyl (C=O) groups excluding carboxylic acids is 3. The Morgan fingerprint density at radius 2 is 1.63 bits per heavy atom. The largest absolute Gasteiger partial charge is 0.444 e. The number of likely N-dealkylation sites (tertiary alicyclic amines) is 2. The first-order valence-electron chi connectivity index (χ1n) is 11.5. The van der Waals surface area contributed by atoms with Crippen LogP contribution in [0.1, 0.15) is 78.6 Å². The van der Waals surface area contributed by atoms with E-state index in [4.69, 9.17) is 4.74 Å². The van der Waals surface area contributed by atoms with Gasteiger partial charge in [-0.25, -0.2) is 14.1 Å². The molecule has 3 aliphatic rings. The summed E-state index contributed by atoms with van der Waals surface area (Å²) >= 11 is 0. The fourth-order valence-electron chi connectivity index (χ4n) is 5.09. The van der Waals surface area contributed by atoms with Crippen molar-refractivity contribution < 1.29 is 28.7 Å². The molecule has 1 saturated carbocycles. The van der Waals surface area contributed by atoms with Crippen LogP contribution in [0.25, 0.3) is 0 Å². The van der Waals surface area contributed by atoms with E-state index in [0.717, 1.165) is 38.5 Å². The molecule has 0 bridgehead atoms. The number of aliphatic hydroxyl groups is 1. The molecule has 170 valence electrons. The Labute approximate surface area is 179 Å². The van der Waals surface area contributed by atoms with E-state index in [1.165, 1.54) is 11.3 Å². The standard InChI is InChI=1S/C22H37N3O5/c1-22(2,3)30-21(29)24-13-9-12-17(24)19(27)25(14-7-8-15-25)20(28)18(26)23-16-10-5-4-6-11-16/h16-17,20,28H,4-15H2,1-3H3/p+1. The van der Waals surface area contributed by atoms with Gasteiger partial charge >= 0.3 is 17.9 Å². The van der Waals surface area contributed by atoms with Gasteiger partial charge in [0.1, 0.15) is 5.60 Å². The molecule has 2 aliphatic heterocycles. The molecule has 3 rings (SSSR count). The number of amides is 3. The summed E-state index contributed by atoms with van der Waals surface area (Å²) in [6.07, 6.45) is 6.03. The van der Waals surface area contributed by atoms with Crippen molar-refractivity contribution in [2.75, 3.05) is 19.6 Å². The van der Waals surface area contributed by atoms with Gasteiger partial charge in [0.25, 0.3) is 6.23 Å². The lowest BCUT2D eigenvalue weighted by Crippen LogP contribution is -2.67. The molecule has 0 radical (unpaired) electrons. The summed E-state index contributed by atoms with van der Waals surface area (Å²) in [6.45, 7) is 6.70. The highest BCUT2D eigenvalue weighted by molar-refractivity contribution is 5.86. The Morgan fingerprint density at radius 3 is 2.23 bits per heavy atom. The van der Waals surface area contributed by atoms with E-state index >= 15 is 0 Å². The average molecular weight is 425 g/mol. The zero-order chi connectivity index (χ0) is 21.9. The lowest BCUT2D eigenvalue weighted by molar-refractivity contribution is -0.881. The zero-order valence-corrected chi connectivity index (χ0v) is 18.7. The Hall–Kier alpha value is -1.67. The van der Waals surface area contributed by atoms with Crippen molar-refractivity contribution in [2.24, 2.45) is 0 Å². The second kappa shape index (κ2) is 9.22. The molecule has 8 heteroatoms. The first-order chi connectivity index (χ1) is 14.1. The molecule has 1 aliphatic carbocycles. The summed E-state index contributed by atoms with van der Waals surface area (Å²) in [4.78, 5) is 40.7. The molecule has 2 saturated heterocycles. The fourth-order valence-corrected chi connectivity index (χ4v) is 5.09. The van der Waals surface area contributed by atoms with Crippen molar-refractivity contribution in [3.8, 4) is 0 Å². The number of aliphatic hydroxyl groups excluding tert-OH is 1. The van der Waals surface area contributed by atoms with Crippen LogP contribution in [-0.4, -0.2) is 75.9 Å². The van der Waals surface area contributed by atoms with Crippen molar-refractivity contribution in [3.63, 3.8) is 0 Å². The normalized spacial score (nSPS) is 25.7. The second-order valence-corrected chi connectivity index (χ2v) is 10.1. The molecular formula is C22H38N3O5+. The maximum atomic E-state index is 13.7. The second-order valence-electron chi connectivity index (χ2n) is 10.1. The Balaban J connectivity index is 1.74. The van der Waals surface area contributed by atoms with E-state index in [0.29, 0.717) is 32.5 Å². The quantitative estimate of drug-likeness (QED) is 0.675. The van der Waals surface area contributed by atoms with Gasteiger partial charge in [0.2, 0.25) is 0 Å². The number of ether oxygens (including phenoxy) is 1. The molecule has 8 nitrogen and oxygen atoms in total. The van der Waals surface area contributed by atoms with Crippen LogP contribution in [-0.2, 0) is 14.3 Å². The van der Waals surface area contributed by atoms with Crippen molar-refractivity contribution in [1.82, 2.24) is 10.2 Å². The van der Waals surface area contributed by atoms with Gasteiger partial charge in [0, 0.05) is 25.4 Å². The van der Waals surface area contributed by atoms with Gasteiger partial charge in [0.15, 0.2) is 6.04 Å². The monoisotopic (exact) mass is 424 g/mol. The minimum absolute atomic E-state index is 0.0726. The van der Waals surface area contributed by atoms with Gasteiger partial charge in [-0.05, 0) is 46.5 Å². The number of quaternary nitrogens is 1. The molecule has 3 fully saturated rings. The molecule has 0 aromatic heterocycles. The number of hydrogen-bond acceptors (Lipinski definition) is 5. The topological polar surface area (TPSA) is 95.9 Å². The van der Waals surface area contributed by atoms with Crippen LogP contribution in [0.4, 0.5) is 4.79 Å². The summed E-state index contributed by atoms with van der Waals surface area (Å²) in [5.74, 6) is -0.693. The first kappa shape index (κ1) is 23.0. The molecule has 0 spiro atoms. The average Bonchev–Trinajstić information content (AvgIpc) is 3.36. The lowest BCUT2D eigenvalue weighted by atomic mass is 9.95. The highest BCUT2D eigenvalue weighted by Crippen LogP contribution is 2.31. The lowest BCUT2D eigenvalue weighted by Gasteiger charge is -2.38. The summed E-state index contributed by atoms with van der Waals surface area (Å²) in [5, 5.41) is 14.0. The molecule has 2 heterocycles. The fraction of sp³-hybridized carbons (Fsp3) is 0.864. The van der Waals surface area contributed by atoms with E-state index < -0.39 is 29.9 Å². The predicted molar refractivity (Wildman–Crippen MR) is 111 cm³/mol. The van der Waals surface area contributed by atoms with Crippen molar-refractivity contribution in [2.45, 2.75) is 102 Å². The van der Waals surface area contributed by atoms with Crippen LogP contribution < -0.4 is 5.32 Å². The van der Waals surface area contributed by atoms with Crippen molar-refractivity contribution in [3.05, 3.63) is 0 Å². The highest BCUT2D eigenvalue weighted by Gasteiger charge is 2.55. The summed E-state index contributed by atoms with van der Waals surface area (Å²) in [5.41, 5.74) is -0.646. The van der Waals surface area contributed by atoms with Gasteiger partial charge in [-0.1, -0.05) is 19.3 Å². The Bertz CT molecular complexity index is 648. The third-order valence-electron chi connectivity index (χ3n) is 6.62. The molecule has 2 N–H and O–H groups in total. The number of nitrogens with zero attached hydrogens (tertiary/aromatic N) is 2. The number of rotatable bonds is 4. The molecule has 2 unspecified atom stereocenters. The maximum absolute atomic E-state index is 13.7. The van der Waals surface area contributed by atoms with E-state index in [2.05, 4.69) is 5.32 Å². The van der Waals surface area contributed by atoms with Crippen LogP contribution in [0.3, 0.4) is 0 Å². The van der Waals surface area contributed by atoms with Crippen LogP contribution >= 0.6 is 0 Å². The van der Waals surface area contributed by atoms with E-state index in [1.54, 1.807) is 20.8 Å². The molecule has 3 amide bonds. The SMILES string of the molecule is CC(C)(C)OC(=O)N1CCCC1C(=O)[N+]1(C(O)C(=O)NC2CCCCC2)CCCC1. The molecule has 0 aromatic carbocycles. The highest BCUT2D eigenvalue weighted by atomic mass is 16.6. The van der Waals surface area contributed by atoms with Crippen LogP contribution in [0, 0.1) is 0 Å². The zero-order valence-electron chi connectivity index (χ0n) is 18.7.